The molecule has 2 aromatic heterocycles. The van der Waals surface area contributed by atoms with E-state index in [4.69, 9.17) is 5.84 Å². The molecule has 0 radical (unpaired) electrons. The monoisotopic (exact) mass is 257 g/mol. The Morgan fingerprint density at radius 3 is 2.84 bits per heavy atom. The van der Waals surface area contributed by atoms with Crippen molar-refractivity contribution < 1.29 is 4.79 Å². The zero-order valence-corrected chi connectivity index (χ0v) is 10.6. The molecule has 0 saturated heterocycles. The van der Waals surface area contributed by atoms with Crippen LogP contribution in [0.4, 0.5) is 5.82 Å². The van der Waals surface area contributed by atoms with Gasteiger partial charge in [0, 0.05) is 24.6 Å². The molecule has 0 saturated carbocycles. The molecule has 0 unspecified atom stereocenters. The summed E-state index contributed by atoms with van der Waals surface area (Å²) in [5.74, 6) is 5.42. The SMILES string of the molecule is Cc1ccc(CNC(=O)c2cccnc2NN)cn1. The van der Waals surface area contributed by atoms with E-state index in [0.717, 1.165) is 11.3 Å². The highest BCUT2D eigenvalue weighted by Crippen LogP contribution is 2.09. The zero-order valence-electron chi connectivity index (χ0n) is 10.6. The number of nitrogens with one attached hydrogen (secondary N) is 2. The highest BCUT2D eigenvalue weighted by atomic mass is 16.1. The molecule has 0 bridgehead atoms. The van der Waals surface area contributed by atoms with Crippen LogP contribution in [0.15, 0.2) is 36.7 Å². The number of nitrogens with zero attached hydrogens (tertiary/aromatic N) is 2. The van der Waals surface area contributed by atoms with Gasteiger partial charge in [-0.25, -0.2) is 10.8 Å². The summed E-state index contributed by atoms with van der Waals surface area (Å²) in [7, 11) is 0. The number of hydrazine groups is 1. The lowest BCUT2D eigenvalue weighted by Gasteiger charge is -2.08. The van der Waals surface area contributed by atoms with Crippen molar-refractivity contribution >= 4 is 11.7 Å². The first-order valence-corrected chi connectivity index (χ1v) is 5.82. The molecular formula is C13H15N5O. The number of nitrogens with two attached hydrogens (primary N) is 1. The Labute approximate surface area is 111 Å². The van der Waals surface area contributed by atoms with Crippen LogP contribution in [0.3, 0.4) is 0 Å². The fraction of sp³-hybridized carbons (Fsp3) is 0.154. The summed E-state index contributed by atoms with van der Waals surface area (Å²) in [5, 5.41) is 2.79. The van der Waals surface area contributed by atoms with Crippen LogP contribution >= 0.6 is 0 Å². The average Bonchev–Trinajstić information content (AvgIpc) is 2.46. The minimum Gasteiger partial charge on any atom is -0.348 e. The molecule has 98 valence electrons. The van der Waals surface area contributed by atoms with Gasteiger partial charge in [0.1, 0.15) is 0 Å². The van der Waals surface area contributed by atoms with Gasteiger partial charge in [-0.05, 0) is 30.7 Å². The van der Waals surface area contributed by atoms with Gasteiger partial charge in [-0.2, -0.15) is 0 Å². The molecule has 0 aliphatic carbocycles. The highest BCUT2D eigenvalue weighted by molar-refractivity contribution is 5.98. The van der Waals surface area contributed by atoms with Gasteiger partial charge in [0.2, 0.25) is 0 Å². The van der Waals surface area contributed by atoms with Crippen LogP contribution in [0.5, 0.6) is 0 Å². The molecule has 19 heavy (non-hydrogen) atoms. The van der Waals surface area contributed by atoms with E-state index < -0.39 is 0 Å². The normalized spacial score (nSPS) is 10.0. The van der Waals surface area contributed by atoms with Gasteiger partial charge < -0.3 is 10.7 Å². The van der Waals surface area contributed by atoms with Gasteiger partial charge in [0.05, 0.1) is 5.56 Å². The first-order valence-electron chi connectivity index (χ1n) is 5.82. The van der Waals surface area contributed by atoms with Crippen molar-refractivity contribution in [2.24, 2.45) is 5.84 Å². The van der Waals surface area contributed by atoms with E-state index in [1.807, 2.05) is 19.1 Å². The lowest BCUT2D eigenvalue weighted by Crippen LogP contribution is -2.25. The summed E-state index contributed by atoms with van der Waals surface area (Å²) in [4.78, 5) is 20.1. The van der Waals surface area contributed by atoms with Crippen LogP contribution in [0.1, 0.15) is 21.6 Å². The van der Waals surface area contributed by atoms with Crippen molar-refractivity contribution in [1.29, 1.82) is 0 Å². The van der Waals surface area contributed by atoms with Crippen LogP contribution in [0.2, 0.25) is 0 Å². The second-order valence-electron chi connectivity index (χ2n) is 4.03. The van der Waals surface area contributed by atoms with E-state index in [9.17, 15) is 4.79 Å². The van der Waals surface area contributed by atoms with Gasteiger partial charge in [-0.1, -0.05) is 6.07 Å². The Morgan fingerprint density at radius 2 is 2.16 bits per heavy atom. The van der Waals surface area contributed by atoms with Crippen molar-refractivity contribution in [1.82, 2.24) is 15.3 Å². The fourth-order valence-electron chi connectivity index (χ4n) is 1.58. The summed E-state index contributed by atoms with van der Waals surface area (Å²) in [6.45, 7) is 2.32. The molecule has 0 atom stereocenters. The molecule has 0 aromatic carbocycles. The molecule has 6 heteroatoms. The second kappa shape index (κ2) is 5.92. The van der Waals surface area contributed by atoms with Crippen molar-refractivity contribution in [3.8, 4) is 0 Å². The molecule has 6 nitrogen and oxygen atoms in total. The third kappa shape index (κ3) is 3.26. The maximum absolute atomic E-state index is 12.0. The van der Waals surface area contributed by atoms with Gasteiger partial charge >= 0.3 is 0 Å². The van der Waals surface area contributed by atoms with E-state index in [-0.39, 0.29) is 5.91 Å². The van der Waals surface area contributed by atoms with Crippen molar-refractivity contribution in [3.05, 3.63) is 53.5 Å². The van der Waals surface area contributed by atoms with E-state index in [1.54, 1.807) is 24.5 Å². The van der Waals surface area contributed by atoms with E-state index in [0.29, 0.717) is 17.9 Å². The van der Waals surface area contributed by atoms with E-state index in [1.165, 1.54) is 0 Å². The fourth-order valence-corrected chi connectivity index (χ4v) is 1.58. The summed E-state index contributed by atoms with van der Waals surface area (Å²) < 4.78 is 0. The molecule has 0 spiro atoms. The second-order valence-corrected chi connectivity index (χ2v) is 4.03. The van der Waals surface area contributed by atoms with Crippen LogP contribution < -0.4 is 16.6 Å². The standard InChI is InChI=1S/C13H15N5O/c1-9-4-5-10(7-16-9)8-17-13(19)11-3-2-6-15-12(11)18-14/h2-7H,8,14H2,1H3,(H,15,18)(H,17,19). The molecule has 1 amide bonds. The number of aromatic nitrogens is 2. The minimum absolute atomic E-state index is 0.235. The number of pyridine rings is 2. The molecule has 2 rings (SSSR count). The summed E-state index contributed by atoms with van der Waals surface area (Å²) >= 11 is 0. The summed E-state index contributed by atoms with van der Waals surface area (Å²) in [5.41, 5.74) is 4.68. The number of anilines is 1. The molecule has 0 fully saturated rings. The van der Waals surface area contributed by atoms with Crippen molar-refractivity contribution in [3.63, 3.8) is 0 Å². The smallest absolute Gasteiger partial charge is 0.255 e. The van der Waals surface area contributed by atoms with Crippen LogP contribution in [-0.2, 0) is 6.54 Å². The Bertz CT molecular complexity index is 568. The van der Waals surface area contributed by atoms with E-state index in [2.05, 4.69) is 20.7 Å². The third-order valence-corrected chi connectivity index (χ3v) is 2.61. The number of amides is 1. The van der Waals surface area contributed by atoms with Crippen LogP contribution in [0, 0.1) is 6.92 Å². The quantitative estimate of drug-likeness (QED) is 0.561. The molecule has 4 N–H and O–H groups in total. The summed E-state index contributed by atoms with van der Waals surface area (Å²) in [6, 6.07) is 7.17. The lowest BCUT2D eigenvalue weighted by molar-refractivity contribution is 0.0951. The van der Waals surface area contributed by atoms with Gasteiger partial charge in [-0.3, -0.25) is 9.78 Å². The summed E-state index contributed by atoms with van der Waals surface area (Å²) in [6.07, 6.45) is 3.30. The molecule has 2 aromatic rings. The molecule has 0 aliphatic heterocycles. The average molecular weight is 257 g/mol. The predicted octanol–water partition coefficient (Wildman–Crippen LogP) is 1.00. The van der Waals surface area contributed by atoms with Crippen LogP contribution in [0.25, 0.3) is 0 Å². The number of aryl methyl sites for hydroxylation is 1. The van der Waals surface area contributed by atoms with Gasteiger partial charge in [0.25, 0.3) is 5.91 Å². The first-order chi connectivity index (χ1) is 9.20. The maximum atomic E-state index is 12.0. The lowest BCUT2D eigenvalue weighted by atomic mass is 10.2. The zero-order chi connectivity index (χ0) is 13.7. The Balaban J connectivity index is 2.03. The number of rotatable bonds is 4. The third-order valence-electron chi connectivity index (χ3n) is 2.61. The molecular weight excluding hydrogens is 242 g/mol. The van der Waals surface area contributed by atoms with Crippen molar-refractivity contribution in [2.75, 3.05) is 5.43 Å². The number of hydrogen-bond acceptors (Lipinski definition) is 5. The number of carbonyl (C=O) groups is 1. The predicted molar refractivity (Wildman–Crippen MR) is 72.2 cm³/mol. The number of hydrogen-bond donors (Lipinski definition) is 3. The van der Waals surface area contributed by atoms with E-state index >= 15 is 0 Å². The minimum atomic E-state index is -0.235. The van der Waals surface area contributed by atoms with Crippen LogP contribution in [-0.4, -0.2) is 15.9 Å². The molecule has 2 heterocycles. The highest BCUT2D eigenvalue weighted by Gasteiger charge is 2.10. The Morgan fingerprint density at radius 1 is 1.32 bits per heavy atom. The molecule has 0 aliphatic rings. The van der Waals surface area contributed by atoms with Crippen molar-refractivity contribution in [2.45, 2.75) is 13.5 Å². The maximum Gasteiger partial charge on any atom is 0.255 e. The number of nitrogen functional groups attached to an aromatic ring is 1. The van der Waals surface area contributed by atoms with Gasteiger partial charge in [-0.15, -0.1) is 0 Å². The topological polar surface area (TPSA) is 92.9 Å². The van der Waals surface area contributed by atoms with Gasteiger partial charge in [0.15, 0.2) is 5.82 Å². The Hall–Kier alpha value is -2.47. The number of carbonyl (C=O) groups excluding carboxylic acids is 1. The largest absolute Gasteiger partial charge is 0.348 e. The first kappa shape index (κ1) is 13.0. The Kier molecular flexibility index (Phi) is 4.04.